The van der Waals surface area contributed by atoms with E-state index in [4.69, 9.17) is 9.47 Å². The molecule has 0 saturated heterocycles. The summed E-state index contributed by atoms with van der Waals surface area (Å²) < 4.78 is 55.0. The molecular weight excluding hydrogens is 477 g/mol. The molecule has 3 aromatic carbocycles. The summed E-state index contributed by atoms with van der Waals surface area (Å²) in [5.41, 5.74) is 1.14. The molecule has 0 radical (unpaired) electrons. The summed E-state index contributed by atoms with van der Waals surface area (Å²) in [6.45, 7) is 6.24. The van der Waals surface area contributed by atoms with E-state index in [9.17, 15) is 18.0 Å². The maximum atomic E-state index is 15.0. The van der Waals surface area contributed by atoms with Crippen molar-refractivity contribution in [3.05, 3.63) is 95.8 Å². The van der Waals surface area contributed by atoms with E-state index >= 15 is 0 Å². The van der Waals surface area contributed by atoms with Gasteiger partial charge in [-0.1, -0.05) is 50.1 Å². The number of esters is 1. The highest BCUT2D eigenvalue weighted by Crippen LogP contribution is 2.38. The number of halogens is 3. The van der Waals surface area contributed by atoms with E-state index in [0.29, 0.717) is 29.4 Å². The molecule has 0 heterocycles. The van der Waals surface area contributed by atoms with Gasteiger partial charge in [0.2, 0.25) is 0 Å². The second-order valence-corrected chi connectivity index (χ2v) is 9.63. The molecule has 1 saturated carbocycles. The van der Waals surface area contributed by atoms with Crippen molar-refractivity contribution in [1.82, 2.24) is 0 Å². The third-order valence-corrected chi connectivity index (χ3v) is 6.93. The lowest BCUT2D eigenvalue weighted by Gasteiger charge is -2.27. The zero-order valence-electron chi connectivity index (χ0n) is 20.9. The van der Waals surface area contributed by atoms with Crippen LogP contribution in [-0.4, -0.2) is 12.6 Å². The Balaban J connectivity index is 1.42. The van der Waals surface area contributed by atoms with Gasteiger partial charge in [-0.2, -0.15) is 0 Å². The predicted molar refractivity (Wildman–Crippen MR) is 138 cm³/mol. The van der Waals surface area contributed by atoms with Crippen LogP contribution < -0.4 is 9.47 Å². The summed E-state index contributed by atoms with van der Waals surface area (Å²) >= 11 is 0. The number of allylic oxidation sites excluding steroid dienone is 1. The van der Waals surface area contributed by atoms with E-state index in [1.807, 2.05) is 0 Å². The van der Waals surface area contributed by atoms with E-state index in [2.05, 4.69) is 13.5 Å². The lowest BCUT2D eigenvalue weighted by Crippen LogP contribution is -2.13. The molecule has 0 atom stereocenters. The molecule has 0 aliphatic heterocycles. The van der Waals surface area contributed by atoms with Gasteiger partial charge in [0.1, 0.15) is 5.75 Å². The normalized spacial score (nSPS) is 17.3. The molecule has 37 heavy (non-hydrogen) atoms. The first-order valence-corrected chi connectivity index (χ1v) is 12.7. The van der Waals surface area contributed by atoms with Crippen molar-refractivity contribution in [3.63, 3.8) is 0 Å². The Morgan fingerprint density at radius 3 is 2.38 bits per heavy atom. The van der Waals surface area contributed by atoms with E-state index < -0.39 is 23.4 Å². The standard InChI is InChI=1S/C31H31F3O3/c1-3-4-5-18-36-24-14-17-28(27(32)19-24)37-31(35)23-12-10-22(11-13-23)26-16-15-25(29(33)30(26)34)21-8-6-20(2)7-9-21/h3,10-17,19-21H,1,4-9,18H2,2H3. The molecule has 0 spiro atoms. The van der Waals surface area contributed by atoms with Gasteiger partial charge in [0.05, 0.1) is 12.2 Å². The molecule has 194 valence electrons. The zero-order chi connectivity index (χ0) is 26.4. The Labute approximate surface area is 215 Å². The minimum atomic E-state index is -0.889. The van der Waals surface area contributed by atoms with Gasteiger partial charge < -0.3 is 9.47 Å². The summed E-state index contributed by atoms with van der Waals surface area (Å²) in [6.07, 6.45) is 7.09. The van der Waals surface area contributed by atoms with Gasteiger partial charge in [0.25, 0.3) is 0 Å². The fourth-order valence-corrected chi connectivity index (χ4v) is 4.69. The van der Waals surface area contributed by atoms with Crippen LogP contribution in [0.5, 0.6) is 11.5 Å². The van der Waals surface area contributed by atoms with Gasteiger partial charge in [-0.3, -0.25) is 0 Å². The summed E-state index contributed by atoms with van der Waals surface area (Å²) in [7, 11) is 0. The molecule has 1 aliphatic rings. The second kappa shape index (κ2) is 12.1. The first-order valence-electron chi connectivity index (χ1n) is 12.7. The first-order chi connectivity index (χ1) is 17.9. The second-order valence-electron chi connectivity index (χ2n) is 9.63. The third-order valence-electron chi connectivity index (χ3n) is 6.93. The SMILES string of the molecule is C=CCCCOc1ccc(OC(=O)c2ccc(-c3ccc(C4CCC(C)CC4)c(F)c3F)cc2)c(F)c1. The van der Waals surface area contributed by atoms with Crippen LogP contribution in [0.25, 0.3) is 11.1 Å². The number of ether oxygens (including phenoxy) is 2. The highest BCUT2D eigenvalue weighted by Gasteiger charge is 2.25. The molecular formula is C31H31F3O3. The molecule has 0 bridgehead atoms. The largest absolute Gasteiger partial charge is 0.493 e. The van der Waals surface area contributed by atoms with Crippen molar-refractivity contribution in [1.29, 1.82) is 0 Å². The Hall–Kier alpha value is -3.54. The van der Waals surface area contributed by atoms with Crippen LogP contribution in [-0.2, 0) is 0 Å². The topological polar surface area (TPSA) is 35.5 Å². The van der Waals surface area contributed by atoms with E-state index in [1.165, 1.54) is 36.4 Å². The molecule has 3 aromatic rings. The fraction of sp³-hybridized carbons (Fsp3) is 0.323. The first kappa shape index (κ1) is 26.5. The number of unbranched alkanes of at least 4 members (excludes halogenated alkanes) is 1. The smallest absolute Gasteiger partial charge is 0.343 e. The molecule has 0 aromatic heterocycles. The Morgan fingerprint density at radius 1 is 0.973 bits per heavy atom. The van der Waals surface area contributed by atoms with Crippen LogP contribution >= 0.6 is 0 Å². The number of hydrogen-bond acceptors (Lipinski definition) is 3. The van der Waals surface area contributed by atoms with Gasteiger partial charge in [0.15, 0.2) is 23.2 Å². The third kappa shape index (κ3) is 6.43. The van der Waals surface area contributed by atoms with Gasteiger partial charge in [-0.05, 0) is 72.9 Å². The van der Waals surface area contributed by atoms with Crippen molar-refractivity contribution in [3.8, 4) is 22.6 Å². The summed E-state index contributed by atoms with van der Waals surface area (Å²) in [4.78, 5) is 12.5. The summed E-state index contributed by atoms with van der Waals surface area (Å²) in [6, 6.07) is 13.2. The van der Waals surface area contributed by atoms with Crippen molar-refractivity contribution >= 4 is 5.97 Å². The van der Waals surface area contributed by atoms with Crippen LogP contribution in [0.1, 0.15) is 67.3 Å². The number of carbonyl (C=O) groups is 1. The molecule has 3 nitrogen and oxygen atoms in total. The Bertz CT molecular complexity index is 1250. The number of benzene rings is 3. The average Bonchev–Trinajstić information content (AvgIpc) is 2.90. The van der Waals surface area contributed by atoms with Crippen LogP contribution in [0.15, 0.2) is 67.3 Å². The van der Waals surface area contributed by atoms with Crippen LogP contribution in [0.3, 0.4) is 0 Å². The van der Waals surface area contributed by atoms with Crippen LogP contribution in [0, 0.1) is 23.4 Å². The highest BCUT2D eigenvalue weighted by molar-refractivity contribution is 5.91. The van der Waals surface area contributed by atoms with Crippen molar-refractivity contribution < 1.29 is 27.4 Å². The maximum absolute atomic E-state index is 15.0. The molecule has 0 N–H and O–H groups in total. The van der Waals surface area contributed by atoms with Gasteiger partial charge >= 0.3 is 5.97 Å². The lowest BCUT2D eigenvalue weighted by atomic mass is 9.79. The molecule has 6 heteroatoms. The van der Waals surface area contributed by atoms with Gasteiger partial charge in [-0.25, -0.2) is 18.0 Å². The van der Waals surface area contributed by atoms with E-state index in [-0.39, 0.29) is 22.8 Å². The zero-order valence-corrected chi connectivity index (χ0v) is 20.9. The molecule has 0 unspecified atom stereocenters. The van der Waals surface area contributed by atoms with Gasteiger partial charge in [-0.15, -0.1) is 6.58 Å². The lowest BCUT2D eigenvalue weighted by molar-refractivity contribution is 0.0727. The van der Waals surface area contributed by atoms with E-state index in [0.717, 1.165) is 44.6 Å². The van der Waals surface area contributed by atoms with Crippen LogP contribution in [0.2, 0.25) is 0 Å². The summed E-state index contributed by atoms with van der Waals surface area (Å²) in [5, 5.41) is 0. The molecule has 0 amide bonds. The average molecular weight is 509 g/mol. The molecule has 1 aliphatic carbocycles. The van der Waals surface area contributed by atoms with Crippen molar-refractivity contribution in [2.45, 2.75) is 51.4 Å². The number of carbonyl (C=O) groups excluding carboxylic acids is 1. The number of hydrogen-bond donors (Lipinski definition) is 0. The highest BCUT2D eigenvalue weighted by atomic mass is 19.2. The minimum absolute atomic E-state index is 0.0372. The minimum Gasteiger partial charge on any atom is -0.493 e. The fourth-order valence-electron chi connectivity index (χ4n) is 4.69. The molecule has 1 fully saturated rings. The van der Waals surface area contributed by atoms with Crippen molar-refractivity contribution in [2.75, 3.05) is 6.61 Å². The van der Waals surface area contributed by atoms with Gasteiger partial charge in [0, 0.05) is 11.6 Å². The van der Waals surface area contributed by atoms with Crippen LogP contribution in [0.4, 0.5) is 13.2 Å². The monoisotopic (exact) mass is 508 g/mol. The predicted octanol–water partition coefficient (Wildman–Crippen LogP) is 8.63. The summed E-state index contributed by atoms with van der Waals surface area (Å²) in [5.74, 6) is -2.41. The van der Waals surface area contributed by atoms with Crippen molar-refractivity contribution in [2.24, 2.45) is 5.92 Å². The number of rotatable bonds is 9. The van der Waals surface area contributed by atoms with E-state index in [1.54, 1.807) is 18.2 Å². The Morgan fingerprint density at radius 2 is 1.70 bits per heavy atom. The Kier molecular flexibility index (Phi) is 8.70. The molecule has 4 rings (SSSR count). The quantitative estimate of drug-likeness (QED) is 0.126. The maximum Gasteiger partial charge on any atom is 0.343 e.